The predicted molar refractivity (Wildman–Crippen MR) is 349 cm³/mol. The molecule has 8 N–H and O–H groups in total. The van der Waals surface area contributed by atoms with Crippen LogP contribution in [0.1, 0.15) is 46.5 Å². The molecular weight excluding hydrogens is 1450 g/mol. The van der Waals surface area contributed by atoms with E-state index in [0.29, 0.717) is 5.57 Å². The molecule has 12 heterocycles. The number of rotatable bonds is 28. The molecule has 0 saturated carbocycles. The standard InChI is InChI=1S/C17H23N2O7P.C16H19NO8S.C15H19N2O7P.C15H17NO8S/c1-10(2)13(20)18-7-8-19-14(21)11-12(15(19)22)17(6-9-27(23,24)25)5-4-16(11,3)26-17;1-9(2)15(20)24-8-16-5-4-10(25-16)11-12(16)14(19)17(13(11)18)6-3-7-26(21,22)23;1-2-10(18)16-6-7-17-13(19)11-9-3-4-15(24-9,12(11)14(17)20)5-8-25(21,22)23;1-2-10(17)23-8-15-5-4-9(24-15)11-12(15)14(19)16(13(11)18)6-3-7-25(20,21)22/h4-5,11-12H,1,6-9H2,2-3H3,(H,18,20)(H2,23,24,25);4-5,10-12H,1,3,6-8H2,2H3,(H,21,22,23);2-4,9,11-12H,1,5-8H2,(H,16,18)(H2,21,22,23);2,4-5,9,11-12H,1,3,6-8H2,(H,20,21,22). The number of hydrogen-bond acceptors (Lipinski definition) is 24. The van der Waals surface area contributed by atoms with Crippen LogP contribution in [0.15, 0.2) is 98.2 Å². The molecule has 0 radical (unpaired) electrons. The summed E-state index contributed by atoms with van der Waals surface area (Å²) in [4.78, 5) is 188. The van der Waals surface area contributed by atoms with Gasteiger partial charge in [0.2, 0.25) is 59.1 Å². The summed E-state index contributed by atoms with van der Waals surface area (Å²) in [7, 11) is -16.9. The minimum absolute atomic E-state index is 0.0222. The number of esters is 2. The van der Waals surface area contributed by atoms with Gasteiger partial charge in [0.25, 0.3) is 20.2 Å². The van der Waals surface area contributed by atoms with E-state index in [2.05, 4.69) is 36.9 Å². The van der Waals surface area contributed by atoms with Crippen LogP contribution in [0.25, 0.3) is 0 Å². The van der Waals surface area contributed by atoms with Gasteiger partial charge in [0.1, 0.15) is 35.6 Å². The smallest absolute Gasteiger partial charge is 0.333 e. The SMILES string of the molecule is C=C(C)C(=O)NCCN1C(=O)C2C(C1=O)C1(CCP(=O)(O)O)C=CC2(C)O1.C=C(C)C(=O)OCC12C=CC(O1)C1C(=O)N(CCCS(=O)(=O)O)C(=O)C12.C=CC(=O)NCCN1C(=O)C2C3C=CC(CCP(=O)(O)O)(O3)C2C1=O.C=CC(=O)OCC12C=CC(O1)C1C(=O)N(CCCS(=O)(=O)O)C(=O)C12. The molecule has 0 aromatic rings. The third-order valence-electron chi connectivity index (χ3n) is 19.8. The number of likely N-dealkylation sites (tertiary alicyclic amines) is 4. The lowest BCUT2D eigenvalue weighted by molar-refractivity contribution is -0.153. The summed E-state index contributed by atoms with van der Waals surface area (Å²) in [5.74, 6) is -12.7. The van der Waals surface area contributed by atoms with E-state index in [9.17, 15) is 93.3 Å². The fraction of sp³-hybridized carbons (Fsp3) is 0.556. The van der Waals surface area contributed by atoms with E-state index in [0.717, 1.165) is 31.8 Å². The van der Waals surface area contributed by atoms with Gasteiger partial charge in [-0.1, -0.05) is 62.8 Å². The molecule has 8 bridgehead atoms. The average molecular weight is 1530 g/mol. The van der Waals surface area contributed by atoms with Crippen molar-refractivity contribution in [1.82, 2.24) is 30.2 Å². The number of carbonyl (C=O) groups is 12. The van der Waals surface area contributed by atoms with Crippen molar-refractivity contribution in [2.24, 2.45) is 47.3 Å². The topological polar surface area (TPSA) is 521 Å². The highest BCUT2D eigenvalue weighted by atomic mass is 32.2. The Bertz CT molecular complexity index is 4150. The van der Waals surface area contributed by atoms with Gasteiger partial charge >= 0.3 is 27.1 Å². The van der Waals surface area contributed by atoms with E-state index >= 15 is 0 Å². The molecule has 16 atom stereocenters. The maximum atomic E-state index is 12.9. The number of amides is 10. The first-order valence-corrected chi connectivity index (χ1v) is 39.0. The highest BCUT2D eigenvalue weighted by Crippen LogP contribution is 2.60. The van der Waals surface area contributed by atoms with Crippen molar-refractivity contribution in [2.75, 3.05) is 76.3 Å². The van der Waals surface area contributed by atoms with Crippen LogP contribution >= 0.6 is 15.2 Å². The molecule has 103 heavy (non-hydrogen) atoms. The lowest BCUT2D eigenvalue weighted by atomic mass is 9.71. The van der Waals surface area contributed by atoms with Gasteiger partial charge < -0.3 is 58.6 Å². The van der Waals surface area contributed by atoms with Crippen LogP contribution in [0.4, 0.5) is 0 Å². The molecule has 12 rings (SSSR count). The summed E-state index contributed by atoms with van der Waals surface area (Å²) in [6.07, 6.45) is 12.5. The number of hydrogen-bond donors (Lipinski definition) is 8. The molecule has 8 fully saturated rings. The van der Waals surface area contributed by atoms with Crippen molar-refractivity contribution in [1.29, 1.82) is 0 Å². The zero-order chi connectivity index (χ0) is 76.3. The summed E-state index contributed by atoms with van der Waals surface area (Å²) in [6, 6.07) is 0. The van der Waals surface area contributed by atoms with Crippen molar-refractivity contribution >= 4 is 106 Å². The highest BCUT2D eigenvalue weighted by Gasteiger charge is 2.73. The maximum absolute atomic E-state index is 12.9. The Morgan fingerprint density at radius 2 is 0.922 bits per heavy atom. The minimum Gasteiger partial charge on any atom is -0.459 e. The summed E-state index contributed by atoms with van der Waals surface area (Å²) < 4.78 is 117. The maximum Gasteiger partial charge on any atom is 0.333 e. The fourth-order valence-electron chi connectivity index (χ4n) is 15.2. The summed E-state index contributed by atoms with van der Waals surface area (Å²) in [6.45, 7) is 18.0. The molecule has 40 heteroatoms. The monoisotopic (exact) mass is 1520 g/mol. The van der Waals surface area contributed by atoms with Crippen LogP contribution in [0.3, 0.4) is 0 Å². The molecule has 0 spiro atoms. The first kappa shape index (κ1) is 79.4. The van der Waals surface area contributed by atoms with Gasteiger partial charge in [0.05, 0.1) is 95.1 Å². The molecule has 0 aromatic heterocycles. The van der Waals surface area contributed by atoms with Gasteiger partial charge in [-0.3, -0.25) is 85.8 Å². The highest BCUT2D eigenvalue weighted by molar-refractivity contribution is 7.86. The van der Waals surface area contributed by atoms with Crippen molar-refractivity contribution < 1.29 is 141 Å². The Morgan fingerprint density at radius 1 is 0.534 bits per heavy atom. The van der Waals surface area contributed by atoms with E-state index in [1.165, 1.54) is 6.92 Å². The third kappa shape index (κ3) is 16.0. The largest absolute Gasteiger partial charge is 0.459 e. The minimum atomic E-state index is -4.28. The second-order valence-corrected chi connectivity index (χ2v) is 33.5. The lowest BCUT2D eigenvalue weighted by Crippen LogP contribution is -2.44. The van der Waals surface area contributed by atoms with Crippen molar-refractivity contribution in [3.8, 4) is 0 Å². The normalized spacial score (nSPS) is 33.2. The zero-order valence-electron chi connectivity index (χ0n) is 55.7. The molecule has 10 amide bonds. The summed E-state index contributed by atoms with van der Waals surface area (Å²) >= 11 is 0. The number of fused-ring (bicyclic) bond motifs is 20. The number of ether oxygens (including phenoxy) is 6. The molecule has 36 nitrogen and oxygen atoms in total. The van der Waals surface area contributed by atoms with Crippen LogP contribution in [0.5, 0.6) is 0 Å². The molecular formula is C63H78N6O30P2S2. The number of nitrogens with zero attached hydrogens (tertiary/aromatic N) is 4. The second-order valence-electron chi connectivity index (χ2n) is 26.8. The first-order valence-electron chi connectivity index (χ1n) is 32.2. The van der Waals surface area contributed by atoms with Gasteiger partial charge in [-0.25, -0.2) is 9.59 Å². The van der Waals surface area contributed by atoms with E-state index in [1.807, 2.05) is 0 Å². The molecule has 16 unspecified atom stereocenters. The van der Waals surface area contributed by atoms with Crippen molar-refractivity contribution in [3.05, 3.63) is 98.2 Å². The Labute approximate surface area is 589 Å². The van der Waals surface area contributed by atoms with Gasteiger partial charge in [-0.2, -0.15) is 16.8 Å². The van der Waals surface area contributed by atoms with E-state index < -0.39 is 206 Å². The Kier molecular flexibility index (Phi) is 22.6. The molecule has 0 aliphatic carbocycles. The number of carbonyl (C=O) groups excluding carboxylic acids is 12. The Balaban J connectivity index is 0.000000160. The lowest BCUT2D eigenvalue weighted by Gasteiger charge is -2.29. The Hall–Kier alpha value is -7.68. The number of nitrogens with one attached hydrogen (secondary N) is 2. The molecule has 12 aliphatic heterocycles. The quantitative estimate of drug-likeness (QED) is 0.0106. The summed E-state index contributed by atoms with van der Waals surface area (Å²) in [5.41, 5.74) is -5.20. The third-order valence-corrected chi connectivity index (χ3v) is 23.0. The fourth-order valence-corrected chi connectivity index (χ4v) is 17.5. The van der Waals surface area contributed by atoms with E-state index in [-0.39, 0.29) is 101 Å². The van der Waals surface area contributed by atoms with Gasteiger partial charge in [-0.05, 0) is 64.7 Å². The van der Waals surface area contributed by atoms with Crippen LogP contribution in [-0.2, 0) is 115 Å². The number of imide groups is 4. The van der Waals surface area contributed by atoms with Crippen molar-refractivity contribution in [3.63, 3.8) is 0 Å². The average Bonchev–Trinajstić information content (AvgIpc) is 1.54. The van der Waals surface area contributed by atoms with Crippen LogP contribution < -0.4 is 10.6 Å². The molecule has 8 saturated heterocycles. The second kappa shape index (κ2) is 29.3. The molecule has 0 aromatic carbocycles. The van der Waals surface area contributed by atoms with Crippen molar-refractivity contribution in [2.45, 2.75) is 92.8 Å². The van der Waals surface area contributed by atoms with Gasteiger partial charge in [0, 0.05) is 56.5 Å². The molecule has 562 valence electrons. The molecule has 12 aliphatic rings. The predicted octanol–water partition coefficient (Wildman–Crippen LogP) is -1.90. The zero-order valence-corrected chi connectivity index (χ0v) is 59.2. The van der Waals surface area contributed by atoms with E-state index in [1.54, 1.807) is 62.5 Å². The van der Waals surface area contributed by atoms with Gasteiger partial charge in [-0.15, -0.1) is 0 Å². The van der Waals surface area contributed by atoms with Gasteiger partial charge in [0.15, 0.2) is 0 Å². The Morgan fingerprint density at radius 3 is 1.35 bits per heavy atom. The van der Waals surface area contributed by atoms with Crippen LogP contribution in [-0.4, -0.2) is 259 Å². The van der Waals surface area contributed by atoms with Crippen LogP contribution in [0.2, 0.25) is 0 Å². The van der Waals surface area contributed by atoms with E-state index in [4.69, 9.17) is 47.3 Å². The summed E-state index contributed by atoms with van der Waals surface area (Å²) in [5, 5.41) is 5.09. The first-order chi connectivity index (χ1) is 47.8. The van der Waals surface area contributed by atoms with Crippen LogP contribution in [0, 0.1) is 47.3 Å².